The van der Waals surface area contributed by atoms with Gasteiger partial charge in [-0.3, -0.25) is 4.79 Å². The first-order valence-electron chi connectivity index (χ1n) is 8.04. The molecular formula is C18H15Cl2F2N3O2. The van der Waals surface area contributed by atoms with Crippen molar-refractivity contribution in [3.63, 3.8) is 0 Å². The molecule has 0 saturated carbocycles. The van der Waals surface area contributed by atoms with E-state index in [4.69, 9.17) is 28.9 Å². The van der Waals surface area contributed by atoms with Crippen LogP contribution in [0, 0.1) is 17.6 Å². The van der Waals surface area contributed by atoms with Crippen molar-refractivity contribution in [1.82, 2.24) is 0 Å². The lowest BCUT2D eigenvalue weighted by Crippen LogP contribution is -2.43. The number of nitrogen functional groups attached to an aromatic ring is 1. The Hall–Kier alpha value is -2.38. The Morgan fingerprint density at radius 2 is 1.89 bits per heavy atom. The van der Waals surface area contributed by atoms with Crippen LogP contribution in [0.3, 0.4) is 0 Å². The monoisotopic (exact) mass is 413 g/mol. The lowest BCUT2D eigenvalue weighted by atomic mass is 9.88. The number of carbonyl (C=O) groups is 1. The standard InChI is InChI=1S/C18H15Cl2F2N3O2/c19-13-6-11(23)7-14(20)18(13)25-8-9(1-4-16(25)26)17(24-27)12-3-2-10(21)5-15(12)22/h2-3,5-7,9,27H,1,4,8,23H2/b24-17+. The molecule has 27 heavy (non-hydrogen) atoms. The molecular weight excluding hydrogens is 399 g/mol. The Morgan fingerprint density at radius 1 is 1.22 bits per heavy atom. The van der Waals surface area contributed by atoms with E-state index in [0.29, 0.717) is 23.9 Å². The van der Waals surface area contributed by atoms with Gasteiger partial charge in [0.1, 0.15) is 11.6 Å². The van der Waals surface area contributed by atoms with Crippen LogP contribution in [0.4, 0.5) is 20.2 Å². The summed E-state index contributed by atoms with van der Waals surface area (Å²) < 4.78 is 27.3. The Balaban J connectivity index is 1.96. The van der Waals surface area contributed by atoms with Gasteiger partial charge in [0.05, 0.1) is 21.4 Å². The molecule has 9 heteroatoms. The van der Waals surface area contributed by atoms with E-state index in [0.717, 1.165) is 6.07 Å². The van der Waals surface area contributed by atoms with Crippen molar-refractivity contribution in [1.29, 1.82) is 0 Å². The van der Waals surface area contributed by atoms with Gasteiger partial charge in [-0.05, 0) is 30.7 Å². The first kappa shape index (κ1) is 19.4. The minimum Gasteiger partial charge on any atom is -0.411 e. The van der Waals surface area contributed by atoms with Gasteiger partial charge in [-0.2, -0.15) is 0 Å². The minimum absolute atomic E-state index is 0.0210. The number of nitrogens with zero attached hydrogens (tertiary/aromatic N) is 2. The van der Waals surface area contributed by atoms with Crippen molar-refractivity contribution in [2.24, 2.45) is 11.1 Å². The summed E-state index contributed by atoms with van der Waals surface area (Å²) in [4.78, 5) is 13.8. The molecule has 2 aromatic rings. The van der Waals surface area contributed by atoms with Crippen molar-refractivity contribution in [3.05, 3.63) is 57.6 Å². The normalized spacial score (nSPS) is 18.1. The van der Waals surface area contributed by atoms with E-state index >= 15 is 0 Å². The van der Waals surface area contributed by atoms with Crippen LogP contribution in [0.5, 0.6) is 0 Å². The van der Waals surface area contributed by atoms with Gasteiger partial charge in [0, 0.05) is 36.2 Å². The fourth-order valence-electron chi connectivity index (χ4n) is 3.18. The van der Waals surface area contributed by atoms with E-state index < -0.39 is 17.6 Å². The van der Waals surface area contributed by atoms with Gasteiger partial charge < -0.3 is 15.8 Å². The highest BCUT2D eigenvalue weighted by atomic mass is 35.5. The minimum atomic E-state index is -0.852. The third-order valence-corrected chi connectivity index (χ3v) is 5.00. The largest absolute Gasteiger partial charge is 0.411 e. The Kier molecular flexibility index (Phi) is 5.53. The highest BCUT2D eigenvalue weighted by Gasteiger charge is 2.33. The number of hydrogen-bond donors (Lipinski definition) is 2. The second-order valence-electron chi connectivity index (χ2n) is 6.18. The Morgan fingerprint density at radius 3 is 2.48 bits per heavy atom. The van der Waals surface area contributed by atoms with Gasteiger partial charge in [0.2, 0.25) is 5.91 Å². The highest BCUT2D eigenvalue weighted by molar-refractivity contribution is 6.40. The highest BCUT2D eigenvalue weighted by Crippen LogP contribution is 2.39. The lowest BCUT2D eigenvalue weighted by Gasteiger charge is -2.34. The Bertz CT molecular complexity index is 914. The predicted octanol–water partition coefficient (Wildman–Crippen LogP) is 4.48. The number of amides is 1. The molecule has 3 rings (SSSR count). The molecule has 1 fully saturated rings. The summed E-state index contributed by atoms with van der Waals surface area (Å²) >= 11 is 12.4. The van der Waals surface area contributed by atoms with Crippen molar-refractivity contribution in [2.45, 2.75) is 12.8 Å². The van der Waals surface area contributed by atoms with Crippen LogP contribution in [0.25, 0.3) is 0 Å². The third-order valence-electron chi connectivity index (χ3n) is 4.42. The topological polar surface area (TPSA) is 78.9 Å². The summed E-state index contributed by atoms with van der Waals surface area (Å²) in [6, 6.07) is 5.92. The van der Waals surface area contributed by atoms with Crippen molar-refractivity contribution >= 4 is 46.2 Å². The van der Waals surface area contributed by atoms with Crippen LogP contribution in [-0.2, 0) is 4.79 Å². The number of oxime groups is 1. The van der Waals surface area contributed by atoms with E-state index in [1.165, 1.54) is 23.1 Å². The predicted molar refractivity (Wildman–Crippen MR) is 101 cm³/mol. The van der Waals surface area contributed by atoms with Crippen molar-refractivity contribution < 1.29 is 18.8 Å². The molecule has 0 aromatic heterocycles. The van der Waals surface area contributed by atoms with E-state index in [2.05, 4.69) is 5.16 Å². The SMILES string of the molecule is Nc1cc(Cl)c(N2CC(/C(=N\O)c3ccc(F)cc3F)CCC2=O)c(Cl)c1. The summed E-state index contributed by atoms with van der Waals surface area (Å²) in [6.07, 6.45) is 0.444. The quantitative estimate of drug-likeness (QED) is 0.337. The van der Waals surface area contributed by atoms with Crippen LogP contribution < -0.4 is 10.6 Å². The summed E-state index contributed by atoms with van der Waals surface area (Å²) in [5.41, 5.74) is 6.32. The molecule has 0 bridgehead atoms. The maximum absolute atomic E-state index is 14.1. The molecule has 142 valence electrons. The molecule has 1 unspecified atom stereocenters. The molecule has 1 aliphatic rings. The molecule has 0 radical (unpaired) electrons. The summed E-state index contributed by atoms with van der Waals surface area (Å²) in [5, 5.41) is 13.1. The van der Waals surface area contributed by atoms with Crippen LogP contribution in [0.15, 0.2) is 35.5 Å². The fourth-order valence-corrected chi connectivity index (χ4v) is 3.89. The van der Waals surface area contributed by atoms with Gasteiger partial charge in [-0.1, -0.05) is 28.4 Å². The van der Waals surface area contributed by atoms with Crippen LogP contribution in [0.1, 0.15) is 18.4 Å². The van der Waals surface area contributed by atoms with Gasteiger partial charge >= 0.3 is 0 Å². The smallest absolute Gasteiger partial charge is 0.227 e. The number of anilines is 2. The molecule has 0 aliphatic carbocycles. The number of piperidine rings is 1. The molecule has 3 N–H and O–H groups in total. The van der Waals surface area contributed by atoms with Crippen LogP contribution in [-0.4, -0.2) is 23.4 Å². The second kappa shape index (κ2) is 7.70. The number of hydrogen-bond acceptors (Lipinski definition) is 4. The number of halogens is 4. The molecule has 5 nitrogen and oxygen atoms in total. The maximum atomic E-state index is 14.1. The van der Waals surface area contributed by atoms with Crippen molar-refractivity contribution in [2.75, 3.05) is 17.2 Å². The number of rotatable bonds is 3. The van der Waals surface area contributed by atoms with E-state index in [-0.39, 0.29) is 40.2 Å². The van der Waals surface area contributed by atoms with Gasteiger partial charge in [-0.25, -0.2) is 8.78 Å². The van der Waals surface area contributed by atoms with Crippen LogP contribution in [0.2, 0.25) is 10.0 Å². The van der Waals surface area contributed by atoms with E-state index in [1.807, 2.05) is 0 Å². The number of carbonyl (C=O) groups excluding carboxylic acids is 1. The Labute approximate surface area is 164 Å². The molecule has 1 saturated heterocycles. The van der Waals surface area contributed by atoms with Gasteiger partial charge in [0.25, 0.3) is 0 Å². The first-order valence-corrected chi connectivity index (χ1v) is 8.79. The first-order chi connectivity index (χ1) is 12.8. The summed E-state index contributed by atoms with van der Waals surface area (Å²) in [5.74, 6) is -2.32. The van der Waals surface area contributed by atoms with E-state index in [9.17, 15) is 18.8 Å². The second-order valence-corrected chi connectivity index (χ2v) is 7.00. The molecule has 2 aromatic carbocycles. The maximum Gasteiger partial charge on any atom is 0.227 e. The molecule has 1 aliphatic heterocycles. The fraction of sp³-hybridized carbons (Fsp3) is 0.222. The van der Waals surface area contributed by atoms with Gasteiger partial charge in [0.15, 0.2) is 0 Å². The molecule has 1 amide bonds. The zero-order valence-electron chi connectivity index (χ0n) is 13.9. The summed E-state index contributed by atoms with van der Waals surface area (Å²) in [6.45, 7) is 0.0679. The number of benzene rings is 2. The third kappa shape index (κ3) is 3.84. The zero-order valence-corrected chi connectivity index (χ0v) is 15.4. The molecule has 1 atom stereocenters. The average molecular weight is 414 g/mol. The van der Waals surface area contributed by atoms with Crippen molar-refractivity contribution in [3.8, 4) is 0 Å². The van der Waals surface area contributed by atoms with E-state index in [1.54, 1.807) is 0 Å². The lowest BCUT2D eigenvalue weighted by molar-refractivity contribution is -0.119. The zero-order chi connectivity index (χ0) is 19.7. The average Bonchev–Trinajstić information content (AvgIpc) is 2.58. The molecule has 1 heterocycles. The molecule has 0 spiro atoms. The number of nitrogens with two attached hydrogens (primary N) is 1. The van der Waals surface area contributed by atoms with Gasteiger partial charge in [-0.15, -0.1) is 0 Å². The van der Waals surface area contributed by atoms with Crippen LogP contribution >= 0.6 is 23.2 Å². The summed E-state index contributed by atoms with van der Waals surface area (Å²) in [7, 11) is 0.